The molecular formula is C68H49N7O. The highest BCUT2D eigenvalue weighted by atomic mass is 16.5. The maximum Gasteiger partial charge on any atom is 0.137 e. The zero-order chi connectivity index (χ0) is 50.6. The van der Waals surface area contributed by atoms with E-state index in [9.17, 15) is 0 Å². The smallest absolute Gasteiger partial charge is 0.137 e. The van der Waals surface area contributed by atoms with Gasteiger partial charge in [0.25, 0.3) is 0 Å². The Hall–Kier alpha value is -9.79. The van der Waals surface area contributed by atoms with E-state index >= 15 is 0 Å². The Balaban J connectivity index is 0.880. The molecule has 15 rings (SSSR count). The molecule has 76 heavy (non-hydrogen) atoms. The van der Waals surface area contributed by atoms with E-state index in [1.165, 1.54) is 55.0 Å². The topological polar surface area (TPSA) is 64.2 Å². The molecule has 0 aliphatic carbocycles. The molecular weight excluding hydrogens is 931 g/mol. The lowest BCUT2D eigenvalue weighted by Gasteiger charge is -2.27. The zero-order valence-corrected chi connectivity index (χ0v) is 42.2. The lowest BCUT2D eigenvalue weighted by molar-refractivity contribution is 0.483. The van der Waals surface area contributed by atoms with Gasteiger partial charge in [-0.15, -0.1) is 0 Å². The summed E-state index contributed by atoms with van der Waals surface area (Å²) in [6.45, 7) is 7.30. The highest BCUT2D eigenvalue weighted by Gasteiger charge is 2.33. The molecule has 0 amide bonds. The van der Waals surface area contributed by atoms with Crippen molar-refractivity contribution < 1.29 is 4.74 Å². The number of para-hydroxylation sites is 3. The molecule has 8 heteroatoms. The second-order valence-electron chi connectivity index (χ2n) is 20.9. The van der Waals surface area contributed by atoms with Crippen molar-refractivity contribution in [2.24, 2.45) is 0 Å². The summed E-state index contributed by atoms with van der Waals surface area (Å²) < 4.78 is 11.8. The number of rotatable bonds is 7. The Bertz CT molecular complexity index is 4420. The molecule has 0 atom stereocenters. The van der Waals surface area contributed by atoms with Gasteiger partial charge >= 0.3 is 0 Å². The van der Waals surface area contributed by atoms with Gasteiger partial charge in [-0.25, -0.2) is 4.98 Å². The van der Waals surface area contributed by atoms with Crippen LogP contribution in [0.25, 0.3) is 99.6 Å². The average Bonchev–Trinajstić information content (AvgIpc) is 4.32. The molecule has 2 aliphatic heterocycles. The fourth-order valence-electron chi connectivity index (χ4n) is 12.1. The standard InChI is InChI=1S/C68H49N7O/c1-68(2,3)45-35-36-69-63(37-45)74-58-33-34-59-64(53-25-11-10-23-51(53)54-28-16-29-55-52-24-12-13-30-57(52)75(59)67(54)55)65(58)56-32-31-48(39-60(56)74)76-47-22-14-21-46(38-47)72-42-73(62-41-71-70-40-61(62)72)66-49(43-17-6-4-7-18-43)26-15-27-50(66)44-19-8-5-9-20-44/h4-41H,42H2,1-3H3. The Morgan fingerprint density at radius 2 is 1.09 bits per heavy atom. The van der Waals surface area contributed by atoms with E-state index in [0.717, 1.165) is 78.7 Å². The first kappa shape index (κ1) is 43.8. The summed E-state index contributed by atoms with van der Waals surface area (Å²) in [5.41, 5.74) is 20.2. The van der Waals surface area contributed by atoms with Crippen LogP contribution < -0.4 is 14.5 Å². The van der Waals surface area contributed by atoms with E-state index in [1.807, 2.05) is 24.7 Å². The molecule has 0 spiro atoms. The number of benzene rings is 9. The summed E-state index contributed by atoms with van der Waals surface area (Å²) in [6, 6.07) is 76.2. The molecule has 0 N–H and O–H groups in total. The third-order valence-electron chi connectivity index (χ3n) is 15.5. The molecule has 0 bridgehead atoms. The van der Waals surface area contributed by atoms with Gasteiger partial charge in [-0.1, -0.05) is 166 Å². The summed E-state index contributed by atoms with van der Waals surface area (Å²) in [5, 5.41) is 13.6. The van der Waals surface area contributed by atoms with Crippen LogP contribution in [-0.4, -0.2) is 31.0 Å². The predicted octanol–water partition coefficient (Wildman–Crippen LogP) is 17.4. The van der Waals surface area contributed by atoms with Gasteiger partial charge in [0.1, 0.15) is 24.0 Å². The fraction of sp³-hybridized carbons (Fsp3) is 0.0735. The number of hydrogen-bond donors (Lipinski definition) is 0. The second-order valence-corrected chi connectivity index (χ2v) is 20.9. The Morgan fingerprint density at radius 3 is 1.87 bits per heavy atom. The van der Waals surface area contributed by atoms with Gasteiger partial charge in [0.15, 0.2) is 0 Å². The molecule has 8 nitrogen and oxygen atoms in total. The van der Waals surface area contributed by atoms with Gasteiger partial charge in [-0.2, -0.15) is 10.2 Å². The van der Waals surface area contributed by atoms with Crippen LogP contribution in [0.2, 0.25) is 0 Å². The summed E-state index contributed by atoms with van der Waals surface area (Å²) in [4.78, 5) is 9.80. The minimum Gasteiger partial charge on any atom is -0.457 e. The number of anilines is 4. The van der Waals surface area contributed by atoms with Crippen LogP contribution in [0.1, 0.15) is 26.3 Å². The molecule has 0 saturated heterocycles. The van der Waals surface area contributed by atoms with Gasteiger partial charge in [-0.3, -0.25) is 4.57 Å². The van der Waals surface area contributed by atoms with E-state index < -0.39 is 0 Å². The SMILES string of the molecule is CC(C)(C)c1ccnc(-n2c3cc(Oc4cccc(N5CN(c6c(-c7ccccc7)cccc6-c6ccccc6)c6cnncc65)c4)ccc3c3c4c(ccc32)-n2c3ccccc3c3cccc(c32)-c2ccccc2-4)c1. The van der Waals surface area contributed by atoms with Gasteiger partial charge in [0.2, 0.25) is 0 Å². The van der Waals surface area contributed by atoms with E-state index in [0.29, 0.717) is 12.4 Å². The highest BCUT2D eigenvalue weighted by Crippen LogP contribution is 2.53. The number of hydrogen-bond acceptors (Lipinski definition) is 6. The van der Waals surface area contributed by atoms with Crippen molar-refractivity contribution in [2.45, 2.75) is 26.2 Å². The first-order chi connectivity index (χ1) is 37.4. The lowest BCUT2D eigenvalue weighted by atomic mass is 9.88. The van der Waals surface area contributed by atoms with E-state index in [2.05, 4.69) is 256 Å². The average molecular weight is 980 g/mol. The first-order valence-corrected chi connectivity index (χ1v) is 25.9. The van der Waals surface area contributed by atoms with Crippen molar-refractivity contribution in [2.75, 3.05) is 16.5 Å². The molecule has 13 aromatic rings. The van der Waals surface area contributed by atoms with Crippen LogP contribution in [-0.2, 0) is 5.41 Å². The van der Waals surface area contributed by atoms with Gasteiger partial charge in [0.05, 0.1) is 57.2 Å². The monoisotopic (exact) mass is 979 g/mol. The third kappa shape index (κ3) is 6.73. The molecule has 362 valence electrons. The molecule has 0 radical (unpaired) electrons. The van der Waals surface area contributed by atoms with Crippen molar-refractivity contribution in [1.82, 2.24) is 24.3 Å². The normalized spacial score (nSPS) is 12.8. The third-order valence-corrected chi connectivity index (χ3v) is 15.5. The number of nitrogens with zero attached hydrogens (tertiary/aromatic N) is 7. The first-order valence-electron chi connectivity index (χ1n) is 25.9. The molecule has 0 unspecified atom stereocenters. The predicted molar refractivity (Wildman–Crippen MR) is 311 cm³/mol. The van der Waals surface area contributed by atoms with Crippen molar-refractivity contribution in [3.05, 3.63) is 236 Å². The molecule has 0 fully saturated rings. The number of ether oxygens (including phenoxy) is 1. The van der Waals surface area contributed by atoms with Gasteiger partial charge in [0, 0.05) is 67.8 Å². The fourth-order valence-corrected chi connectivity index (χ4v) is 12.1. The highest BCUT2D eigenvalue weighted by molar-refractivity contribution is 6.23. The molecule has 0 saturated carbocycles. The number of pyridine rings is 1. The largest absolute Gasteiger partial charge is 0.457 e. The Kier molecular flexibility index (Phi) is 9.72. The van der Waals surface area contributed by atoms with Gasteiger partial charge in [-0.05, 0) is 87.8 Å². The summed E-state index contributed by atoms with van der Waals surface area (Å²) in [7, 11) is 0. The maximum absolute atomic E-state index is 7.01. The minimum absolute atomic E-state index is 0.0900. The Morgan fingerprint density at radius 1 is 0.447 bits per heavy atom. The van der Waals surface area contributed by atoms with Crippen molar-refractivity contribution in [3.8, 4) is 67.5 Å². The zero-order valence-electron chi connectivity index (χ0n) is 42.2. The summed E-state index contributed by atoms with van der Waals surface area (Å²) >= 11 is 0. The van der Waals surface area contributed by atoms with Crippen molar-refractivity contribution in [3.63, 3.8) is 0 Å². The quantitative estimate of drug-likeness (QED) is 0.159. The van der Waals surface area contributed by atoms with Crippen LogP contribution in [0.3, 0.4) is 0 Å². The minimum atomic E-state index is -0.0900. The van der Waals surface area contributed by atoms with Gasteiger partial charge < -0.3 is 19.1 Å². The van der Waals surface area contributed by atoms with Crippen LogP contribution in [0.5, 0.6) is 11.5 Å². The van der Waals surface area contributed by atoms with Crippen molar-refractivity contribution >= 4 is 66.4 Å². The molecule has 2 aliphatic rings. The molecule has 9 aromatic carbocycles. The number of aromatic nitrogens is 5. The van der Waals surface area contributed by atoms with Crippen LogP contribution in [0.15, 0.2) is 231 Å². The molecule has 6 heterocycles. The second kappa shape index (κ2) is 16.9. The summed E-state index contributed by atoms with van der Waals surface area (Å²) in [6.07, 6.45) is 5.69. The van der Waals surface area contributed by atoms with E-state index in [4.69, 9.17) is 9.72 Å². The van der Waals surface area contributed by atoms with E-state index in [-0.39, 0.29) is 5.41 Å². The maximum atomic E-state index is 7.01. The summed E-state index contributed by atoms with van der Waals surface area (Å²) in [5.74, 6) is 2.29. The van der Waals surface area contributed by atoms with E-state index in [1.54, 1.807) is 0 Å². The van der Waals surface area contributed by atoms with Crippen LogP contribution in [0.4, 0.5) is 22.7 Å². The van der Waals surface area contributed by atoms with Crippen LogP contribution in [0, 0.1) is 0 Å². The van der Waals surface area contributed by atoms with Crippen LogP contribution >= 0.6 is 0 Å². The molecule has 4 aromatic heterocycles. The lowest BCUT2D eigenvalue weighted by Crippen LogP contribution is -2.25. The number of fused-ring (bicyclic) bond motifs is 13. The van der Waals surface area contributed by atoms with Crippen molar-refractivity contribution in [1.29, 1.82) is 0 Å². The Labute approximate surface area is 440 Å².